The maximum absolute atomic E-state index is 12.5. The Hall–Kier alpha value is -1.19. The van der Waals surface area contributed by atoms with Crippen molar-refractivity contribution in [1.29, 1.82) is 0 Å². The molecule has 0 aromatic carbocycles. The molecule has 0 saturated carbocycles. The molecule has 2 aliphatic heterocycles. The van der Waals surface area contributed by atoms with E-state index in [2.05, 4.69) is 5.32 Å². The van der Waals surface area contributed by atoms with Gasteiger partial charge in [0.05, 0.1) is 30.2 Å². The van der Waals surface area contributed by atoms with E-state index in [0.717, 1.165) is 6.26 Å². The minimum absolute atomic E-state index is 0.121. The molecule has 0 aromatic rings. The summed E-state index contributed by atoms with van der Waals surface area (Å²) >= 11 is 0. The number of hydrogen-bond acceptors (Lipinski definition) is 5. The zero-order valence-corrected chi connectivity index (χ0v) is 13.8. The van der Waals surface area contributed by atoms with E-state index in [4.69, 9.17) is 0 Å². The average molecular weight is 333 g/mol. The van der Waals surface area contributed by atoms with Crippen molar-refractivity contribution in [2.75, 3.05) is 32.4 Å². The number of carbonyl (C=O) groups excluding carboxylic acids is 2. The number of amides is 2. The van der Waals surface area contributed by atoms with Crippen molar-refractivity contribution in [1.82, 2.24) is 14.5 Å². The summed E-state index contributed by atoms with van der Waals surface area (Å²) in [4.78, 5) is 25.6. The predicted molar refractivity (Wildman–Crippen MR) is 79.3 cm³/mol. The third-order valence-corrected chi connectivity index (χ3v) is 5.77. The topological polar surface area (TPSA) is 107 Å². The van der Waals surface area contributed by atoms with Gasteiger partial charge in [0.25, 0.3) is 0 Å². The van der Waals surface area contributed by atoms with E-state index in [0.29, 0.717) is 13.1 Å². The SMILES string of the molecule is CC(C(=O)N1CCN(S(C)(=O)=O)CC1)[C@H]1NC(=O)[C@@H]1C(C)O. The molecule has 2 saturated heterocycles. The van der Waals surface area contributed by atoms with E-state index < -0.39 is 28.0 Å². The van der Waals surface area contributed by atoms with Crippen LogP contribution in [0, 0.1) is 11.8 Å². The van der Waals surface area contributed by atoms with Gasteiger partial charge >= 0.3 is 0 Å². The lowest BCUT2D eigenvalue weighted by Crippen LogP contribution is -2.66. The Morgan fingerprint density at radius 3 is 2.23 bits per heavy atom. The first-order valence-electron chi connectivity index (χ1n) is 7.35. The van der Waals surface area contributed by atoms with Gasteiger partial charge in [-0.2, -0.15) is 4.31 Å². The van der Waals surface area contributed by atoms with Gasteiger partial charge in [-0.15, -0.1) is 0 Å². The lowest BCUT2D eigenvalue weighted by atomic mass is 9.78. The van der Waals surface area contributed by atoms with Gasteiger partial charge in [-0.1, -0.05) is 6.92 Å². The van der Waals surface area contributed by atoms with Crippen LogP contribution in [0.25, 0.3) is 0 Å². The zero-order valence-electron chi connectivity index (χ0n) is 13.0. The Balaban J connectivity index is 1.94. The van der Waals surface area contributed by atoms with Crippen molar-refractivity contribution >= 4 is 21.8 Å². The maximum atomic E-state index is 12.5. The standard InChI is InChI=1S/C13H23N3O5S/c1-8(11-10(9(2)17)12(18)14-11)13(19)15-4-6-16(7-5-15)22(3,20)21/h8-11,17H,4-7H2,1-3H3,(H,14,18)/t8?,9?,10-,11-/m1/s1. The first kappa shape index (κ1) is 17.2. The predicted octanol–water partition coefficient (Wildman–Crippen LogP) is -1.78. The second-order valence-corrected chi connectivity index (χ2v) is 8.06. The van der Waals surface area contributed by atoms with Gasteiger partial charge in [0.2, 0.25) is 21.8 Å². The van der Waals surface area contributed by atoms with Crippen molar-refractivity contribution in [3.05, 3.63) is 0 Å². The van der Waals surface area contributed by atoms with Crippen LogP contribution in [-0.2, 0) is 19.6 Å². The van der Waals surface area contributed by atoms with Gasteiger partial charge < -0.3 is 15.3 Å². The highest BCUT2D eigenvalue weighted by atomic mass is 32.2. The van der Waals surface area contributed by atoms with E-state index >= 15 is 0 Å². The number of nitrogens with zero attached hydrogens (tertiary/aromatic N) is 2. The van der Waals surface area contributed by atoms with E-state index in [1.807, 2.05) is 0 Å². The van der Waals surface area contributed by atoms with E-state index in [-0.39, 0.29) is 30.9 Å². The molecule has 2 heterocycles. The Morgan fingerprint density at radius 1 is 1.27 bits per heavy atom. The molecule has 0 bridgehead atoms. The zero-order chi connectivity index (χ0) is 16.7. The third kappa shape index (κ3) is 3.26. The van der Waals surface area contributed by atoms with Gasteiger partial charge in [-0.25, -0.2) is 8.42 Å². The van der Waals surface area contributed by atoms with Crippen LogP contribution in [0.15, 0.2) is 0 Å². The molecule has 9 heteroatoms. The van der Waals surface area contributed by atoms with Crippen molar-refractivity contribution in [3.63, 3.8) is 0 Å². The molecule has 2 unspecified atom stereocenters. The lowest BCUT2D eigenvalue weighted by Gasteiger charge is -2.43. The molecule has 2 rings (SSSR count). The first-order valence-corrected chi connectivity index (χ1v) is 9.20. The summed E-state index contributed by atoms with van der Waals surface area (Å²) in [6.07, 6.45) is 0.362. The Bertz CT molecular complexity index is 554. The van der Waals surface area contributed by atoms with Crippen LogP contribution in [-0.4, -0.2) is 79.1 Å². The number of piperazine rings is 1. The minimum Gasteiger partial charge on any atom is -0.393 e. The number of rotatable bonds is 4. The van der Waals surface area contributed by atoms with Gasteiger partial charge in [-0.05, 0) is 6.92 Å². The van der Waals surface area contributed by atoms with Gasteiger partial charge in [0, 0.05) is 26.2 Å². The number of aliphatic hydroxyl groups is 1. The van der Waals surface area contributed by atoms with Gasteiger partial charge in [-0.3, -0.25) is 9.59 Å². The summed E-state index contributed by atoms with van der Waals surface area (Å²) in [6, 6.07) is -0.368. The van der Waals surface area contributed by atoms with Gasteiger partial charge in [0.15, 0.2) is 0 Å². The quantitative estimate of drug-likeness (QED) is 0.592. The summed E-state index contributed by atoms with van der Waals surface area (Å²) < 4.78 is 24.3. The molecule has 0 aromatic heterocycles. The highest BCUT2D eigenvalue weighted by Gasteiger charge is 2.48. The van der Waals surface area contributed by atoms with Crippen LogP contribution in [0.3, 0.4) is 0 Å². The average Bonchev–Trinajstić information content (AvgIpc) is 2.41. The number of aliphatic hydroxyl groups excluding tert-OH is 1. The number of nitrogens with one attached hydrogen (secondary N) is 1. The molecule has 22 heavy (non-hydrogen) atoms. The molecule has 2 fully saturated rings. The van der Waals surface area contributed by atoms with E-state index in [1.165, 1.54) is 4.31 Å². The summed E-state index contributed by atoms with van der Waals surface area (Å²) in [5.74, 6) is -1.36. The highest BCUT2D eigenvalue weighted by molar-refractivity contribution is 7.88. The summed E-state index contributed by atoms with van der Waals surface area (Å²) in [6.45, 7) is 4.53. The molecule has 0 spiro atoms. The molecule has 8 nitrogen and oxygen atoms in total. The second kappa shape index (κ2) is 6.13. The molecule has 4 atom stereocenters. The number of hydrogen-bond donors (Lipinski definition) is 2. The van der Waals surface area contributed by atoms with Crippen LogP contribution < -0.4 is 5.32 Å². The van der Waals surface area contributed by atoms with Crippen molar-refractivity contribution < 1.29 is 23.1 Å². The van der Waals surface area contributed by atoms with Crippen LogP contribution in [0.5, 0.6) is 0 Å². The van der Waals surface area contributed by atoms with Crippen molar-refractivity contribution in [2.24, 2.45) is 11.8 Å². The van der Waals surface area contributed by atoms with Crippen LogP contribution in [0.2, 0.25) is 0 Å². The number of carbonyl (C=O) groups is 2. The molecule has 2 aliphatic rings. The normalized spacial score (nSPS) is 29.5. The first-order chi connectivity index (χ1) is 10.1. The molecular weight excluding hydrogens is 310 g/mol. The third-order valence-electron chi connectivity index (χ3n) is 4.47. The van der Waals surface area contributed by atoms with Crippen molar-refractivity contribution in [3.8, 4) is 0 Å². The van der Waals surface area contributed by atoms with Crippen LogP contribution in [0.4, 0.5) is 0 Å². The smallest absolute Gasteiger partial charge is 0.228 e. The highest BCUT2D eigenvalue weighted by Crippen LogP contribution is 2.27. The Kier molecular flexibility index (Phi) is 4.78. The molecule has 126 valence electrons. The molecule has 2 amide bonds. The maximum Gasteiger partial charge on any atom is 0.228 e. The van der Waals surface area contributed by atoms with Crippen LogP contribution >= 0.6 is 0 Å². The summed E-state index contributed by atoms with van der Waals surface area (Å²) in [7, 11) is -3.23. The number of sulfonamides is 1. The Labute approximate surface area is 130 Å². The number of β-lactam (4-membered cyclic amide) rings is 1. The van der Waals surface area contributed by atoms with E-state index in [9.17, 15) is 23.1 Å². The van der Waals surface area contributed by atoms with Gasteiger partial charge in [0.1, 0.15) is 0 Å². The fraction of sp³-hybridized carbons (Fsp3) is 0.846. The molecule has 0 aliphatic carbocycles. The fourth-order valence-corrected chi connectivity index (χ4v) is 3.88. The monoisotopic (exact) mass is 333 g/mol. The molecule has 0 radical (unpaired) electrons. The largest absolute Gasteiger partial charge is 0.393 e. The Morgan fingerprint density at radius 2 is 1.82 bits per heavy atom. The summed E-state index contributed by atoms with van der Waals surface area (Å²) in [5.41, 5.74) is 0. The van der Waals surface area contributed by atoms with Crippen molar-refractivity contribution in [2.45, 2.75) is 26.0 Å². The van der Waals surface area contributed by atoms with Crippen LogP contribution in [0.1, 0.15) is 13.8 Å². The summed E-state index contributed by atoms with van der Waals surface area (Å²) in [5, 5.41) is 12.3. The lowest BCUT2D eigenvalue weighted by molar-refractivity contribution is -0.149. The molecule has 2 N–H and O–H groups in total. The fourth-order valence-electron chi connectivity index (χ4n) is 3.05. The second-order valence-electron chi connectivity index (χ2n) is 6.08. The molecular formula is C13H23N3O5S. The van der Waals surface area contributed by atoms with E-state index in [1.54, 1.807) is 18.7 Å². The minimum atomic E-state index is -3.23.